The summed E-state index contributed by atoms with van der Waals surface area (Å²) in [6.45, 7) is 1.25. The Morgan fingerprint density at radius 1 is 0.926 bits per heavy atom. The fourth-order valence-electron chi connectivity index (χ4n) is 3.22. The van der Waals surface area contributed by atoms with Gasteiger partial charge in [-0.15, -0.1) is 10.2 Å². The molecule has 2 aromatic carbocycles. The van der Waals surface area contributed by atoms with Crippen LogP contribution in [-0.4, -0.2) is 28.5 Å². The SMILES string of the molecule is COCCn1c(Cc2ccccc2-c2ccccc2)nnc1-c1ccco1. The van der Waals surface area contributed by atoms with Crippen LogP contribution in [0.5, 0.6) is 0 Å². The lowest BCUT2D eigenvalue weighted by Crippen LogP contribution is -2.10. The highest BCUT2D eigenvalue weighted by Gasteiger charge is 2.17. The molecule has 2 aromatic heterocycles. The standard InChI is InChI=1S/C22H21N3O2/c1-26-15-13-25-21(23-24-22(25)20-12-7-14-27-20)16-18-10-5-6-11-19(18)17-8-3-2-4-9-17/h2-12,14H,13,15-16H2,1H3. The van der Waals surface area contributed by atoms with Crippen LogP contribution in [0, 0.1) is 0 Å². The van der Waals surface area contributed by atoms with Crippen molar-refractivity contribution in [1.82, 2.24) is 14.8 Å². The molecular weight excluding hydrogens is 338 g/mol. The number of furan rings is 1. The minimum absolute atomic E-state index is 0.582. The zero-order chi connectivity index (χ0) is 18.5. The maximum Gasteiger partial charge on any atom is 0.199 e. The first-order chi connectivity index (χ1) is 13.4. The molecule has 0 bridgehead atoms. The molecule has 0 N–H and O–H groups in total. The zero-order valence-corrected chi connectivity index (χ0v) is 15.2. The Labute approximate surface area is 158 Å². The van der Waals surface area contributed by atoms with Gasteiger partial charge in [0.15, 0.2) is 11.6 Å². The summed E-state index contributed by atoms with van der Waals surface area (Å²) in [5.41, 5.74) is 3.61. The molecule has 4 rings (SSSR count). The van der Waals surface area contributed by atoms with Crippen LogP contribution in [-0.2, 0) is 17.7 Å². The third-order valence-corrected chi connectivity index (χ3v) is 4.54. The van der Waals surface area contributed by atoms with E-state index in [0.29, 0.717) is 25.3 Å². The number of aromatic nitrogens is 3. The van der Waals surface area contributed by atoms with Gasteiger partial charge in [-0.25, -0.2) is 0 Å². The van der Waals surface area contributed by atoms with E-state index in [9.17, 15) is 0 Å². The van der Waals surface area contributed by atoms with Crippen molar-refractivity contribution in [3.05, 3.63) is 84.4 Å². The molecule has 27 heavy (non-hydrogen) atoms. The summed E-state index contributed by atoms with van der Waals surface area (Å²) in [6, 6.07) is 22.6. The van der Waals surface area contributed by atoms with Gasteiger partial charge in [-0.05, 0) is 28.8 Å². The summed E-state index contributed by atoms with van der Waals surface area (Å²) in [5.74, 6) is 2.33. The molecule has 0 aliphatic rings. The Morgan fingerprint density at radius 3 is 2.52 bits per heavy atom. The van der Waals surface area contributed by atoms with Gasteiger partial charge < -0.3 is 13.7 Å². The lowest BCUT2D eigenvalue weighted by molar-refractivity contribution is 0.186. The van der Waals surface area contributed by atoms with Gasteiger partial charge in [-0.2, -0.15) is 0 Å². The lowest BCUT2D eigenvalue weighted by Gasteiger charge is -2.12. The van der Waals surface area contributed by atoms with E-state index in [1.807, 2.05) is 18.2 Å². The minimum Gasteiger partial charge on any atom is -0.461 e. The Hall–Kier alpha value is -3.18. The molecule has 0 saturated carbocycles. The monoisotopic (exact) mass is 359 g/mol. The van der Waals surface area contributed by atoms with E-state index in [1.165, 1.54) is 16.7 Å². The largest absolute Gasteiger partial charge is 0.461 e. The second-order valence-corrected chi connectivity index (χ2v) is 6.26. The summed E-state index contributed by atoms with van der Waals surface area (Å²) in [4.78, 5) is 0. The van der Waals surface area contributed by atoms with Gasteiger partial charge in [0.25, 0.3) is 0 Å². The minimum atomic E-state index is 0.582. The fraction of sp³-hybridized carbons (Fsp3) is 0.182. The maximum absolute atomic E-state index is 5.53. The van der Waals surface area contributed by atoms with E-state index in [2.05, 4.69) is 63.3 Å². The predicted molar refractivity (Wildman–Crippen MR) is 104 cm³/mol. The topological polar surface area (TPSA) is 53.1 Å². The summed E-state index contributed by atoms with van der Waals surface area (Å²) in [7, 11) is 1.70. The molecule has 0 aliphatic heterocycles. The number of nitrogens with zero attached hydrogens (tertiary/aromatic N) is 3. The Bertz CT molecular complexity index is 992. The summed E-state index contributed by atoms with van der Waals surface area (Å²) >= 11 is 0. The van der Waals surface area contributed by atoms with Gasteiger partial charge in [0.1, 0.15) is 5.82 Å². The van der Waals surface area contributed by atoms with Gasteiger partial charge in [0.2, 0.25) is 0 Å². The van der Waals surface area contributed by atoms with E-state index in [1.54, 1.807) is 13.4 Å². The van der Waals surface area contributed by atoms with E-state index in [0.717, 1.165) is 11.6 Å². The molecule has 0 saturated heterocycles. The second-order valence-electron chi connectivity index (χ2n) is 6.26. The molecule has 0 radical (unpaired) electrons. The molecule has 0 fully saturated rings. The third kappa shape index (κ3) is 3.68. The lowest BCUT2D eigenvalue weighted by atomic mass is 9.97. The Balaban J connectivity index is 1.71. The van der Waals surface area contributed by atoms with Crippen LogP contribution in [0.2, 0.25) is 0 Å². The van der Waals surface area contributed by atoms with Gasteiger partial charge in [-0.3, -0.25) is 0 Å². The van der Waals surface area contributed by atoms with Crippen molar-refractivity contribution in [2.24, 2.45) is 0 Å². The normalized spacial score (nSPS) is 11.0. The number of ether oxygens (including phenoxy) is 1. The number of hydrogen-bond donors (Lipinski definition) is 0. The molecule has 0 unspecified atom stereocenters. The number of benzene rings is 2. The average molecular weight is 359 g/mol. The molecule has 4 aromatic rings. The Kier molecular flexibility index (Phi) is 5.12. The van der Waals surface area contributed by atoms with Crippen molar-refractivity contribution in [2.75, 3.05) is 13.7 Å². The second kappa shape index (κ2) is 8.01. The van der Waals surface area contributed by atoms with E-state index in [4.69, 9.17) is 9.15 Å². The molecule has 136 valence electrons. The molecule has 2 heterocycles. The fourth-order valence-corrected chi connectivity index (χ4v) is 3.22. The third-order valence-electron chi connectivity index (χ3n) is 4.54. The van der Waals surface area contributed by atoms with Gasteiger partial charge in [-0.1, -0.05) is 54.6 Å². The molecule has 0 spiro atoms. The highest BCUT2D eigenvalue weighted by Crippen LogP contribution is 2.26. The van der Waals surface area contributed by atoms with Crippen molar-refractivity contribution < 1.29 is 9.15 Å². The van der Waals surface area contributed by atoms with Crippen LogP contribution in [0.4, 0.5) is 0 Å². The highest BCUT2D eigenvalue weighted by atomic mass is 16.5. The van der Waals surface area contributed by atoms with Crippen molar-refractivity contribution in [3.8, 4) is 22.7 Å². The molecule has 0 aliphatic carbocycles. The van der Waals surface area contributed by atoms with E-state index < -0.39 is 0 Å². The molecule has 5 heteroatoms. The van der Waals surface area contributed by atoms with Crippen LogP contribution >= 0.6 is 0 Å². The molecule has 0 atom stereocenters. The Morgan fingerprint density at radius 2 is 1.74 bits per heavy atom. The van der Waals surface area contributed by atoms with Crippen LogP contribution < -0.4 is 0 Å². The maximum atomic E-state index is 5.53. The number of methoxy groups -OCH3 is 1. The van der Waals surface area contributed by atoms with Crippen LogP contribution in [0.1, 0.15) is 11.4 Å². The van der Waals surface area contributed by atoms with Crippen molar-refractivity contribution in [2.45, 2.75) is 13.0 Å². The zero-order valence-electron chi connectivity index (χ0n) is 15.2. The highest BCUT2D eigenvalue weighted by molar-refractivity contribution is 5.67. The number of hydrogen-bond acceptors (Lipinski definition) is 4. The predicted octanol–water partition coefficient (Wildman–Crippen LogP) is 4.44. The first kappa shape index (κ1) is 17.2. The number of rotatable bonds is 7. The first-order valence-electron chi connectivity index (χ1n) is 8.95. The summed E-state index contributed by atoms with van der Waals surface area (Å²) in [5, 5.41) is 8.83. The van der Waals surface area contributed by atoms with Crippen molar-refractivity contribution in [3.63, 3.8) is 0 Å². The molecular formula is C22H21N3O2. The van der Waals surface area contributed by atoms with E-state index >= 15 is 0 Å². The van der Waals surface area contributed by atoms with Crippen molar-refractivity contribution in [1.29, 1.82) is 0 Å². The average Bonchev–Trinajstić information content (AvgIpc) is 3.37. The molecule has 5 nitrogen and oxygen atoms in total. The summed E-state index contributed by atoms with van der Waals surface area (Å²) < 4.78 is 12.9. The van der Waals surface area contributed by atoms with Crippen LogP contribution in [0.3, 0.4) is 0 Å². The van der Waals surface area contributed by atoms with Crippen LogP contribution in [0.15, 0.2) is 77.4 Å². The van der Waals surface area contributed by atoms with Gasteiger partial charge >= 0.3 is 0 Å². The van der Waals surface area contributed by atoms with Crippen molar-refractivity contribution >= 4 is 0 Å². The smallest absolute Gasteiger partial charge is 0.199 e. The first-order valence-corrected chi connectivity index (χ1v) is 8.95. The van der Waals surface area contributed by atoms with Gasteiger partial charge in [0, 0.05) is 20.1 Å². The summed E-state index contributed by atoms with van der Waals surface area (Å²) in [6.07, 6.45) is 2.33. The quantitative estimate of drug-likeness (QED) is 0.489. The van der Waals surface area contributed by atoms with E-state index in [-0.39, 0.29) is 0 Å². The van der Waals surface area contributed by atoms with Crippen LogP contribution in [0.25, 0.3) is 22.7 Å². The molecule has 0 amide bonds. The van der Waals surface area contributed by atoms with Gasteiger partial charge in [0.05, 0.1) is 12.9 Å².